The van der Waals surface area contributed by atoms with E-state index in [2.05, 4.69) is 14.9 Å². The second-order valence-electron chi connectivity index (χ2n) is 4.75. The molecule has 1 aliphatic rings. The smallest absolute Gasteiger partial charge is 0.134 e. The number of piperidine rings is 1. The summed E-state index contributed by atoms with van der Waals surface area (Å²) < 4.78 is 10.7. The topological polar surface area (TPSA) is 73.5 Å². The molecule has 0 spiro atoms. The molecule has 2 rings (SSSR count). The number of hydrogen-bond donors (Lipinski definition) is 1. The zero-order valence-corrected chi connectivity index (χ0v) is 11.6. The molecule has 1 saturated heterocycles. The van der Waals surface area contributed by atoms with E-state index in [0.29, 0.717) is 31.0 Å². The molecule has 0 aliphatic carbocycles. The first-order chi connectivity index (χ1) is 9.19. The number of aryl methyl sites for hydroxylation is 1. The average molecular weight is 266 g/mol. The number of nitrogen functional groups attached to an aromatic ring is 1. The first kappa shape index (κ1) is 14.0. The van der Waals surface area contributed by atoms with Crippen LogP contribution in [0.5, 0.6) is 0 Å². The summed E-state index contributed by atoms with van der Waals surface area (Å²) in [6.45, 7) is 5.06. The summed E-state index contributed by atoms with van der Waals surface area (Å²) in [5.41, 5.74) is 5.76. The van der Waals surface area contributed by atoms with Gasteiger partial charge in [-0.3, -0.25) is 0 Å². The third-order valence-corrected chi connectivity index (χ3v) is 3.25. The Hall–Kier alpha value is -1.40. The van der Waals surface area contributed by atoms with E-state index in [9.17, 15) is 0 Å². The highest BCUT2D eigenvalue weighted by molar-refractivity contribution is 5.47. The number of rotatable bonds is 5. The van der Waals surface area contributed by atoms with E-state index in [4.69, 9.17) is 15.2 Å². The number of anilines is 2. The summed E-state index contributed by atoms with van der Waals surface area (Å²) in [7, 11) is 1.69. The molecule has 0 radical (unpaired) electrons. The van der Waals surface area contributed by atoms with Crippen molar-refractivity contribution in [1.82, 2.24) is 9.97 Å². The maximum absolute atomic E-state index is 5.76. The highest BCUT2D eigenvalue weighted by Gasteiger charge is 2.21. The van der Waals surface area contributed by atoms with Gasteiger partial charge in [-0.25, -0.2) is 9.97 Å². The average Bonchev–Trinajstić information content (AvgIpc) is 2.39. The zero-order valence-electron chi connectivity index (χ0n) is 11.6. The van der Waals surface area contributed by atoms with Gasteiger partial charge in [0.1, 0.15) is 17.5 Å². The number of nitrogens with zero attached hydrogens (tertiary/aromatic N) is 3. The molecule has 2 heterocycles. The van der Waals surface area contributed by atoms with Gasteiger partial charge in [0.2, 0.25) is 0 Å². The van der Waals surface area contributed by atoms with Crippen LogP contribution in [0.25, 0.3) is 0 Å². The Labute approximate surface area is 113 Å². The van der Waals surface area contributed by atoms with Gasteiger partial charge in [0, 0.05) is 26.3 Å². The van der Waals surface area contributed by atoms with E-state index in [0.717, 1.165) is 31.7 Å². The summed E-state index contributed by atoms with van der Waals surface area (Å²) in [6.07, 6.45) is 2.34. The van der Waals surface area contributed by atoms with Gasteiger partial charge in [-0.05, 0) is 19.8 Å². The number of ether oxygens (including phenoxy) is 2. The van der Waals surface area contributed by atoms with Crippen molar-refractivity contribution in [3.8, 4) is 0 Å². The van der Waals surface area contributed by atoms with Crippen molar-refractivity contribution in [2.24, 2.45) is 0 Å². The van der Waals surface area contributed by atoms with Crippen LogP contribution >= 0.6 is 0 Å². The van der Waals surface area contributed by atoms with Crippen molar-refractivity contribution >= 4 is 11.6 Å². The van der Waals surface area contributed by atoms with Crippen LogP contribution in [-0.4, -0.2) is 49.5 Å². The van der Waals surface area contributed by atoms with E-state index in [1.165, 1.54) is 0 Å². The number of nitrogens with two attached hydrogens (primary N) is 1. The quantitative estimate of drug-likeness (QED) is 0.801. The summed E-state index contributed by atoms with van der Waals surface area (Å²) in [5.74, 6) is 2.16. The van der Waals surface area contributed by atoms with E-state index in [1.54, 1.807) is 7.11 Å². The molecule has 19 heavy (non-hydrogen) atoms. The molecule has 0 bridgehead atoms. The van der Waals surface area contributed by atoms with Gasteiger partial charge in [-0.2, -0.15) is 0 Å². The van der Waals surface area contributed by atoms with Crippen molar-refractivity contribution < 1.29 is 9.47 Å². The van der Waals surface area contributed by atoms with Gasteiger partial charge in [-0.1, -0.05) is 0 Å². The Morgan fingerprint density at radius 1 is 1.32 bits per heavy atom. The molecule has 106 valence electrons. The molecule has 1 fully saturated rings. The standard InChI is InChI=1S/C13H22N4O2/c1-10-15-12(14)9-13(16-10)17-5-3-11(4-6-17)19-8-7-18-2/h9,11H,3-8H2,1-2H3,(H2,14,15,16). The Balaban J connectivity index is 1.85. The van der Waals surface area contributed by atoms with Crippen LogP contribution in [0.1, 0.15) is 18.7 Å². The van der Waals surface area contributed by atoms with Gasteiger partial charge in [0.05, 0.1) is 19.3 Å². The van der Waals surface area contributed by atoms with Crippen molar-refractivity contribution in [3.05, 3.63) is 11.9 Å². The van der Waals surface area contributed by atoms with E-state index < -0.39 is 0 Å². The van der Waals surface area contributed by atoms with Crippen LogP contribution < -0.4 is 10.6 Å². The maximum Gasteiger partial charge on any atom is 0.134 e. The first-order valence-corrected chi connectivity index (χ1v) is 6.65. The Morgan fingerprint density at radius 2 is 2.05 bits per heavy atom. The summed E-state index contributed by atoms with van der Waals surface area (Å²) >= 11 is 0. The van der Waals surface area contributed by atoms with E-state index >= 15 is 0 Å². The summed E-state index contributed by atoms with van der Waals surface area (Å²) in [4.78, 5) is 10.8. The molecule has 1 aromatic heterocycles. The Bertz CT molecular complexity index is 385. The van der Waals surface area contributed by atoms with Gasteiger partial charge in [-0.15, -0.1) is 0 Å². The lowest BCUT2D eigenvalue weighted by atomic mass is 10.1. The molecule has 0 amide bonds. The summed E-state index contributed by atoms with van der Waals surface area (Å²) in [6, 6.07) is 1.83. The molecule has 0 aromatic carbocycles. The Morgan fingerprint density at radius 3 is 2.68 bits per heavy atom. The van der Waals surface area contributed by atoms with Crippen LogP contribution in [-0.2, 0) is 9.47 Å². The molecule has 2 N–H and O–H groups in total. The molecule has 6 heteroatoms. The molecule has 1 aromatic rings. The number of methoxy groups -OCH3 is 1. The van der Waals surface area contributed by atoms with Crippen molar-refractivity contribution in [2.45, 2.75) is 25.9 Å². The van der Waals surface area contributed by atoms with Crippen molar-refractivity contribution in [2.75, 3.05) is 44.0 Å². The molecule has 1 aliphatic heterocycles. The van der Waals surface area contributed by atoms with Crippen LogP contribution in [0.3, 0.4) is 0 Å². The van der Waals surface area contributed by atoms with Gasteiger partial charge in [0.15, 0.2) is 0 Å². The monoisotopic (exact) mass is 266 g/mol. The minimum atomic E-state index is 0.326. The van der Waals surface area contributed by atoms with Gasteiger partial charge >= 0.3 is 0 Å². The second-order valence-corrected chi connectivity index (χ2v) is 4.75. The molecule has 6 nitrogen and oxygen atoms in total. The van der Waals surface area contributed by atoms with Crippen molar-refractivity contribution in [3.63, 3.8) is 0 Å². The predicted molar refractivity (Wildman–Crippen MR) is 74.2 cm³/mol. The third kappa shape index (κ3) is 4.04. The highest BCUT2D eigenvalue weighted by Crippen LogP contribution is 2.20. The lowest BCUT2D eigenvalue weighted by Gasteiger charge is -2.32. The lowest BCUT2D eigenvalue weighted by Crippen LogP contribution is -2.38. The second kappa shape index (κ2) is 6.68. The maximum atomic E-state index is 5.76. The lowest BCUT2D eigenvalue weighted by molar-refractivity contribution is 0.00604. The molecule has 0 atom stereocenters. The Kier molecular flexibility index (Phi) is 4.93. The molecular formula is C13H22N4O2. The van der Waals surface area contributed by atoms with Crippen LogP contribution in [0.2, 0.25) is 0 Å². The van der Waals surface area contributed by atoms with Gasteiger partial charge in [0.25, 0.3) is 0 Å². The third-order valence-electron chi connectivity index (χ3n) is 3.25. The predicted octanol–water partition coefficient (Wildman–Crippen LogP) is 0.999. The van der Waals surface area contributed by atoms with E-state index in [1.807, 2.05) is 13.0 Å². The molecule has 0 unspecified atom stereocenters. The van der Waals surface area contributed by atoms with Crippen molar-refractivity contribution in [1.29, 1.82) is 0 Å². The minimum absolute atomic E-state index is 0.326. The first-order valence-electron chi connectivity index (χ1n) is 6.65. The summed E-state index contributed by atoms with van der Waals surface area (Å²) in [5, 5.41) is 0. The number of aromatic nitrogens is 2. The van der Waals surface area contributed by atoms with Gasteiger partial charge < -0.3 is 20.1 Å². The van der Waals surface area contributed by atoms with Crippen LogP contribution in [0, 0.1) is 6.92 Å². The molecule has 0 saturated carbocycles. The highest BCUT2D eigenvalue weighted by atomic mass is 16.5. The van der Waals surface area contributed by atoms with Crippen LogP contribution in [0.15, 0.2) is 6.07 Å². The zero-order chi connectivity index (χ0) is 13.7. The minimum Gasteiger partial charge on any atom is -0.384 e. The largest absolute Gasteiger partial charge is 0.384 e. The van der Waals surface area contributed by atoms with Crippen LogP contribution in [0.4, 0.5) is 11.6 Å². The fourth-order valence-corrected chi connectivity index (χ4v) is 2.29. The number of hydrogen-bond acceptors (Lipinski definition) is 6. The van der Waals surface area contributed by atoms with E-state index in [-0.39, 0.29) is 0 Å². The fraction of sp³-hybridized carbons (Fsp3) is 0.692. The fourth-order valence-electron chi connectivity index (χ4n) is 2.29. The normalized spacial score (nSPS) is 16.8. The molecular weight excluding hydrogens is 244 g/mol. The SMILES string of the molecule is COCCOC1CCN(c2cc(N)nc(C)n2)CC1.